The molecule has 2 aromatic heterocycles. The van der Waals surface area contributed by atoms with E-state index in [4.69, 9.17) is 5.73 Å². The summed E-state index contributed by atoms with van der Waals surface area (Å²) in [5.74, 6) is 1.40. The molecule has 2 unspecified atom stereocenters. The summed E-state index contributed by atoms with van der Waals surface area (Å²) in [7, 11) is 0. The van der Waals surface area contributed by atoms with Gasteiger partial charge < -0.3 is 10.6 Å². The van der Waals surface area contributed by atoms with Gasteiger partial charge in [0, 0.05) is 18.8 Å². The normalized spacial score (nSPS) is 23.1. The van der Waals surface area contributed by atoms with Crippen LogP contribution in [0, 0.1) is 5.92 Å². The highest BCUT2D eigenvalue weighted by Gasteiger charge is 2.30. The Morgan fingerprint density at radius 2 is 2.20 bits per heavy atom. The van der Waals surface area contributed by atoms with Crippen LogP contribution in [-0.2, 0) is 0 Å². The number of nitrogens with zero attached hydrogens (tertiary/aromatic N) is 4. The molecule has 3 rings (SSSR count). The average Bonchev–Trinajstić information content (AvgIpc) is 2.92. The number of anilines is 1. The summed E-state index contributed by atoms with van der Waals surface area (Å²) in [5.41, 5.74) is 6.87. The van der Waals surface area contributed by atoms with Crippen molar-refractivity contribution in [3.8, 4) is 0 Å². The summed E-state index contributed by atoms with van der Waals surface area (Å²) in [6, 6.07) is 6.44. The summed E-state index contributed by atoms with van der Waals surface area (Å²) in [5, 5.41) is 4.62. The number of nitrogens with two attached hydrogens (primary N) is 1. The summed E-state index contributed by atoms with van der Waals surface area (Å²) in [6.45, 7) is 3.86. The van der Waals surface area contributed by atoms with Gasteiger partial charge in [-0.2, -0.15) is 4.98 Å². The standard InChI is InChI=1S/C15H23N5/c1-2-19(13-8-4-3-7-12(13)11-16)15-17-14-9-5-6-10-20(14)18-15/h5-6,9-10,12-13H,2-4,7-8,11,16H2,1H3. The molecule has 0 bridgehead atoms. The number of pyridine rings is 1. The molecule has 0 aliphatic heterocycles. The largest absolute Gasteiger partial charge is 0.336 e. The molecule has 1 aliphatic carbocycles. The van der Waals surface area contributed by atoms with Gasteiger partial charge in [-0.05, 0) is 44.4 Å². The molecule has 1 fully saturated rings. The maximum absolute atomic E-state index is 5.97. The molecule has 0 radical (unpaired) electrons. The van der Waals surface area contributed by atoms with E-state index in [1.807, 2.05) is 28.9 Å². The second kappa shape index (κ2) is 5.79. The monoisotopic (exact) mass is 273 g/mol. The predicted molar refractivity (Wildman–Crippen MR) is 80.8 cm³/mol. The Balaban J connectivity index is 1.91. The van der Waals surface area contributed by atoms with E-state index >= 15 is 0 Å². The molecule has 20 heavy (non-hydrogen) atoms. The first kappa shape index (κ1) is 13.4. The van der Waals surface area contributed by atoms with Crippen molar-refractivity contribution in [2.45, 2.75) is 38.6 Å². The first-order chi connectivity index (χ1) is 9.83. The van der Waals surface area contributed by atoms with Crippen LogP contribution in [0.4, 0.5) is 5.95 Å². The third kappa shape index (κ3) is 2.38. The van der Waals surface area contributed by atoms with Gasteiger partial charge in [0.05, 0.1) is 0 Å². The molecule has 2 aromatic rings. The highest BCUT2D eigenvalue weighted by molar-refractivity contribution is 5.45. The topological polar surface area (TPSA) is 59.5 Å². The molecular formula is C15H23N5. The van der Waals surface area contributed by atoms with Gasteiger partial charge in [0.25, 0.3) is 0 Å². The number of aromatic nitrogens is 3. The fraction of sp³-hybridized carbons (Fsp3) is 0.600. The van der Waals surface area contributed by atoms with Crippen molar-refractivity contribution in [1.82, 2.24) is 14.6 Å². The molecule has 2 N–H and O–H groups in total. The van der Waals surface area contributed by atoms with Crippen LogP contribution in [0.3, 0.4) is 0 Å². The Morgan fingerprint density at radius 3 is 2.95 bits per heavy atom. The Bertz CT molecular complexity index is 531. The zero-order valence-electron chi connectivity index (χ0n) is 12.1. The first-order valence-electron chi connectivity index (χ1n) is 7.61. The van der Waals surface area contributed by atoms with Gasteiger partial charge >= 0.3 is 0 Å². The average molecular weight is 273 g/mol. The minimum absolute atomic E-state index is 0.483. The second-order valence-electron chi connectivity index (χ2n) is 5.55. The Kier molecular flexibility index (Phi) is 3.87. The molecule has 5 nitrogen and oxygen atoms in total. The van der Waals surface area contributed by atoms with E-state index in [1.54, 1.807) is 0 Å². The fourth-order valence-electron chi connectivity index (χ4n) is 3.34. The van der Waals surface area contributed by atoms with E-state index < -0.39 is 0 Å². The van der Waals surface area contributed by atoms with Crippen LogP contribution < -0.4 is 10.6 Å². The van der Waals surface area contributed by atoms with Gasteiger partial charge in [-0.1, -0.05) is 18.9 Å². The third-order valence-corrected chi connectivity index (χ3v) is 4.40. The van der Waals surface area contributed by atoms with E-state index in [0.717, 1.165) is 24.7 Å². The van der Waals surface area contributed by atoms with Crippen molar-refractivity contribution in [2.75, 3.05) is 18.0 Å². The van der Waals surface area contributed by atoms with Crippen LogP contribution in [-0.4, -0.2) is 33.7 Å². The van der Waals surface area contributed by atoms with Crippen LogP contribution >= 0.6 is 0 Å². The summed E-state index contributed by atoms with van der Waals surface area (Å²) in [6.07, 6.45) is 6.96. The highest BCUT2D eigenvalue weighted by Crippen LogP contribution is 2.30. The molecule has 0 aromatic carbocycles. The van der Waals surface area contributed by atoms with Gasteiger partial charge in [0.2, 0.25) is 5.95 Å². The Labute approximate surface area is 119 Å². The van der Waals surface area contributed by atoms with Crippen molar-refractivity contribution in [2.24, 2.45) is 11.7 Å². The number of rotatable bonds is 4. The molecule has 5 heteroatoms. The molecule has 0 spiro atoms. The van der Waals surface area contributed by atoms with Crippen LogP contribution in [0.5, 0.6) is 0 Å². The lowest BCUT2D eigenvalue weighted by atomic mass is 9.83. The molecule has 1 aliphatic rings. The SMILES string of the molecule is CCN(c1nc2ccccn2n1)C1CCCCC1CN. The number of hydrogen-bond acceptors (Lipinski definition) is 4. The maximum Gasteiger partial charge on any atom is 0.245 e. The first-order valence-corrected chi connectivity index (χ1v) is 7.61. The highest BCUT2D eigenvalue weighted by atomic mass is 15.4. The summed E-state index contributed by atoms with van der Waals surface area (Å²) < 4.78 is 1.85. The Morgan fingerprint density at radius 1 is 1.35 bits per heavy atom. The van der Waals surface area contributed by atoms with Gasteiger partial charge in [-0.25, -0.2) is 4.52 Å². The smallest absolute Gasteiger partial charge is 0.245 e. The van der Waals surface area contributed by atoms with E-state index in [1.165, 1.54) is 25.7 Å². The summed E-state index contributed by atoms with van der Waals surface area (Å²) >= 11 is 0. The van der Waals surface area contributed by atoms with Crippen LogP contribution in [0.1, 0.15) is 32.6 Å². The van der Waals surface area contributed by atoms with E-state index in [9.17, 15) is 0 Å². The molecule has 0 saturated heterocycles. The van der Waals surface area contributed by atoms with Crippen LogP contribution in [0.25, 0.3) is 5.65 Å². The Hall–Kier alpha value is -1.62. The van der Waals surface area contributed by atoms with Crippen LogP contribution in [0.2, 0.25) is 0 Å². The number of fused-ring (bicyclic) bond motifs is 1. The van der Waals surface area contributed by atoms with Crippen molar-refractivity contribution in [3.63, 3.8) is 0 Å². The molecule has 0 amide bonds. The quantitative estimate of drug-likeness (QED) is 0.926. The van der Waals surface area contributed by atoms with Crippen molar-refractivity contribution in [1.29, 1.82) is 0 Å². The maximum atomic E-state index is 5.97. The minimum Gasteiger partial charge on any atom is -0.336 e. The zero-order valence-corrected chi connectivity index (χ0v) is 12.1. The molecule has 108 valence electrons. The third-order valence-electron chi connectivity index (χ3n) is 4.40. The van der Waals surface area contributed by atoms with Gasteiger partial charge in [0.15, 0.2) is 5.65 Å². The fourth-order valence-corrected chi connectivity index (χ4v) is 3.34. The molecule has 1 saturated carbocycles. The van der Waals surface area contributed by atoms with Crippen molar-refractivity contribution in [3.05, 3.63) is 24.4 Å². The number of hydrogen-bond donors (Lipinski definition) is 1. The summed E-state index contributed by atoms with van der Waals surface area (Å²) in [4.78, 5) is 7.00. The lowest BCUT2D eigenvalue weighted by Crippen LogP contribution is -2.45. The van der Waals surface area contributed by atoms with Crippen LogP contribution in [0.15, 0.2) is 24.4 Å². The van der Waals surface area contributed by atoms with Crippen molar-refractivity contribution >= 4 is 11.6 Å². The van der Waals surface area contributed by atoms with Gasteiger partial charge in [-0.15, -0.1) is 5.10 Å². The van der Waals surface area contributed by atoms with E-state index in [2.05, 4.69) is 21.9 Å². The zero-order chi connectivity index (χ0) is 13.9. The minimum atomic E-state index is 0.483. The molecule has 2 heterocycles. The molecule has 2 atom stereocenters. The van der Waals surface area contributed by atoms with Gasteiger partial charge in [0.1, 0.15) is 0 Å². The molecular weight excluding hydrogens is 250 g/mol. The van der Waals surface area contributed by atoms with Gasteiger partial charge in [-0.3, -0.25) is 0 Å². The van der Waals surface area contributed by atoms with E-state index in [-0.39, 0.29) is 0 Å². The second-order valence-corrected chi connectivity index (χ2v) is 5.55. The van der Waals surface area contributed by atoms with E-state index in [0.29, 0.717) is 12.0 Å². The van der Waals surface area contributed by atoms with Crippen molar-refractivity contribution < 1.29 is 0 Å². The lowest BCUT2D eigenvalue weighted by molar-refractivity contribution is 0.298. The predicted octanol–water partition coefficient (Wildman–Crippen LogP) is 2.07. The lowest BCUT2D eigenvalue weighted by Gasteiger charge is -2.38.